The number of non-ortho nitro benzene ring substituents is 1. The van der Waals surface area contributed by atoms with Gasteiger partial charge in [-0.05, 0) is 18.2 Å². The molecule has 0 radical (unpaired) electrons. The van der Waals surface area contributed by atoms with Crippen molar-refractivity contribution in [1.82, 2.24) is 4.98 Å². The number of hydrogen-bond acceptors (Lipinski definition) is 4. The molecule has 2 aromatic carbocycles. The lowest BCUT2D eigenvalue weighted by atomic mass is 10.1. The van der Waals surface area contributed by atoms with E-state index in [1.54, 1.807) is 0 Å². The Balaban J connectivity index is 2.01. The Kier molecular flexibility index (Phi) is 3.32. The van der Waals surface area contributed by atoms with E-state index in [2.05, 4.69) is 4.98 Å². The predicted octanol–water partition coefficient (Wildman–Crippen LogP) is 4.89. The van der Waals surface area contributed by atoms with Crippen LogP contribution >= 0.6 is 11.3 Å². The van der Waals surface area contributed by atoms with E-state index in [1.165, 1.54) is 41.7 Å². The van der Waals surface area contributed by atoms with Gasteiger partial charge in [-0.3, -0.25) is 10.1 Å². The van der Waals surface area contributed by atoms with E-state index in [0.717, 1.165) is 12.1 Å². The second kappa shape index (κ2) is 5.06. The number of halogens is 3. The van der Waals surface area contributed by atoms with Crippen molar-refractivity contribution in [2.45, 2.75) is 6.18 Å². The van der Waals surface area contributed by atoms with Gasteiger partial charge < -0.3 is 0 Å². The van der Waals surface area contributed by atoms with Gasteiger partial charge in [0.05, 0.1) is 20.7 Å². The Morgan fingerprint density at radius 3 is 2.36 bits per heavy atom. The summed E-state index contributed by atoms with van der Waals surface area (Å²) in [7, 11) is 0. The number of alkyl halides is 3. The van der Waals surface area contributed by atoms with Gasteiger partial charge in [0, 0.05) is 17.7 Å². The summed E-state index contributed by atoms with van der Waals surface area (Å²) in [4.78, 5) is 14.5. The van der Waals surface area contributed by atoms with E-state index >= 15 is 0 Å². The van der Waals surface area contributed by atoms with Crippen LogP contribution in [0.25, 0.3) is 20.8 Å². The van der Waals surface area contributed by atoms with Gasteiger partial charge in [-0.15, -0.1) is 11.3 Å². The molecule has 4 nitrogen and oxygen atoms in total. The topological polar surface area (TPSA) is 56.0 Å². The van der Waals surface area contributed by atoms with Crippen molar-refractivity contribution >= 4 is 27.2 Å². The second-order valence-electron chi connectivity index (χ2n) is 4.50. The van der Waals surface area contributed by atoms with E-state index < -0.39 is 16.7 Å². The maximum absolute atomic E-state index is 12.5. The number of fused-ring (bicyclic) bond motifs is 1. The first-order chi connectivity index (χ1) is 10.3. The van der Waals surface area contributed by atoms with Gasteiger partial charge >= 0.3 is 6.18 Å². The van der Waals surface area contributed by atoms with Crippen molar-refractivity contribution in [1.29, 1.82) is 0 Å². The molecule has 0 N–H and O–H groups in total. The molecule has 0 aliphatic heterocycles. The Bertz CT molecular complexity index is 857. The third-order valence-electron chi connectivity index (χ3n) is 3.04. The summed E-state index contributed by atoms with van der Waals surface area (Å²) in [6, 6.07) is 8.94. The van der Waals surface area contributed by atoms with E-state index in [9.17, 15) is 23.3 Å². The first-order valence-electron chi connectivity index (χ1n) is 6.07. The molecule has 0 unspecified atom stereocenters. The first-order valence-corrected chi connectivity index (χ1v) is 6.89. The number of nitro groups is 1. The van der Waals surface area contributed by atoms with Gasteiger partial charge in [0.15, 0.2) is 0 Å². The molecular formula is C14H7F3N2O2S. The van der Waals surface area contributed by atoms with Crippen molar-refractivity contribution in [3.63, 3.8) is 0 Å². The van der Waals surface area contributed by atoms with Gasteiger partial charge in [0.25, 0.3) is 5.69 Å². The SMILES string of the molecule is O=[N+]([O-])c1ccc2nc(-c3ccc(C(F)(F)F)cc3)sc2c1. The lowest BCUT2D eigenvalue weighted by Gasteiger charge is -2.06. The maximum atomic E-state index is 12.5. The van der Waals surface area contributed by atoms with Crippen molar-refractivity contribution in [2.24, 2.45) is 0 Å². The Labute approximate surface area is 126 Å². The molecule has 3 aromatic rings. The second-order valence-corrected chi connectivity index (χ2v) is 5.53. The minimum atomic E-state index is -4.38. The van der Waals surface area contributed by atoms with Gasteiger partial charge in [-0.25, -0.2) is 4.98 Å². The quantitative estimate of drug-likeness (QED) is 0.498. The van der Waals surface area contributed by atoms with Crippen LogP contribution in [0, 0.1) is 10.1 Å². The summed E-state index contributed by atoms with van der Waals surface area (Å²) >= 11 is 1.20. The number of nitrogens with zero attached hydrogens (tertiary/aromatic N) is 2. The molecule has 0 atom stereocenters. The maximum Gasteiger partial charge on any atom is 0.416 e. The largest absolute Gasteiger partial charge is 0.416 e. The fourth-order valence-electron chi connectivity index (χ4n) is 1.95. The summed E-state index contributed by atoms with van der Waals surface area (Å²) < 4.78 is 38.2. The molecule has 0 saturated heterocycles. The zero-order valence-corrected chi connectivity index (χ0v) is 11.6. The van der Waals surface area contributed by atoms with Crippen LogP contribution in [-0.2, 0) is 6.18 Å². The average molecular weight is 324 g/mol. The average Bonchev–Trinajstić information content (AvgIpc) is 2.89. The lowest BCUT2D eigenvalue weighted by molar-refractivity contribution is -0.384. The zero-order chi connectivity index (χ0) is 15.9. The monoisotopic (exact) mass is 324 g/mol. The number of nitro benzene ring substituents is 1. The van der Waals surface area contributed by atoms with Gasteiger partial charge in [-0.1, -0.05) is 12.1 Å². The standard InChI is InChI=1S/C14H7F3N2O2S/c15-14(16,17)9-3-1-8(2-4-9)13-18-11-6-5-10(19(20)21)7-12(11)22-13/h1-7H. The first kappa shape index (κ1) is 14.5. The van der Waals surface area contributed by atoms with Crippen LogP contribution in [0.5, 0.6) is 0 Å². The van der Waals surface area contributed by atoms with E-state index in [4.69, 9.17) is 0 Å². The molecule has 0 aliphatic rings. The van der Waals surface area contributed by atoms with E-state index in [-0.39, 0.29) is 5.69 Å². The predicted molar refractivity (Wildman–Crippen MR) is 76.7 cm³/mol. The molecule has 0 amide bonds. The molecule has 0 saturated carbocycles. The van der Waals surface area contributed by atoms with Crippen LogP contribution in [-0.4, -0.2) is 9.91 Å². The summed E-state index contributed by atoms with van der Waals surface area (Å²) in [6.07, 6.45) is -4.38. The third-order valence-corrected chi connectivity index (χ3v) is 4.11. The van der Waals surface area contributed by atoms with Crippen molar-refractivity contribution in [3.05, 3.63) is 58.1 Å². The Morgan fingerprint density at radius 1 is 1.09 bits per heavy atom. The molecule has 0 fully saturated rings. The minimum Gasteiger partial charge on any atom is -0.258 e. The molecule has 0 spiro atoms. The number of thiazole rings is 1. The summed E-state index contributed by atoms with van der Waals surface area (Å²) in [5.41, 5.74) is 0.338. The summed E-state index contributed by atoms with van der Waals surface area (Å²) in [5, 5.41) is 11.3. The normalized spacial score (nSPS) is 11.8. The van der Waals surface area contributed by atoms with Crippen molar-refractivity contribution in [2.75, 3.05) is 0 Å². The minimum absolute atomic E-state index is 0.0462. The third kappa shape index (κ3) is 2.64. The van der Waals surface area contributed by atoms with Crippen LogP contribution < -0.4 is 0 Å². The lowest BCUT2D eigenvalue weighted by Crippen LogP contribution is -2.03. The molecule has 1 heterocycles. The summed E-state index contributed by atoms with van der Waals surface area (Å²) in [6.45, 7) is 0. The molecule has 0 aliphatic carbocycles. The van der Waals surface area contributed by atoms with Crippen LogP contribution in [0.3, 0.4) is 0 Å². The highest BCUT2D eigenvalue weighted by Gasteiger charge is 2.30. The molecule has 22 heavy (non-hydrogen) atoms. The number of hydrogen-bond donors (Lipinski definition) is 0. The van der Waals surface area contributed by atoms with E-state index in [1.807, 2.05) is 0 Å². The molecule has 8 heteroatoms. The number of benzene rings is 2. The Morgan fingerprint density at radius 2 is 1.77 bits per heavy atom. The van der Waals surface area contributed by atoms with E-state index in [0.29, 0.717) is 20.8 Å². The number of rotatable bonds is 2. The van der Waals surface area contributed by atoms with Crippen molar-refractivity contribution < 1.29 is 18.1 Å². The van der Waals surface area contributed by atoms with Crippen molar-refractivity contribution in [3.8, 4) is 10.6 Å². The van der Waals surface area contributed by atoms with Gasteiger partial charge in [0.2, 0.25) is 0 Å². The van der Waals surface area contributed by atoms with Crippen LogP contribution in [0.2, 0.25) is 0 Å². The molecular weight excluding hydrogens is 317 g/mol. The number of aromatic nitrogens is 1. The van der Waals surface area contributed by atoms with Gasteiger partial charge in [0.1, 0.15) is 5.01 Å². The van der Waals surface area contributed by atoms with Gasteiger partial charge in [-0.2, -0.15) is 13.2 Å². The molecule has 3 rings (SSSR count). The van der Waals surface area contributed by atoms with Crippen LogP contribution in [0.4, 0.5) is 18.9 Å². The van der Waals surface area contributed by atoms with Crippen LogP contribution in [0.1, 0.15) is 5.56 Å². The highest BCUT2D eigenvalue weighted by Crippen LogP contribution is 2.34. The molecule has 0 bridgehead atoms. The smallest absolute Gasteiger partial charge is 0.258 e. The molecule has 1 aromatic heterocycles. The Hall–Kier alpha value is -2.48. The van der Waals surface area contributed by atoms with Crippen LogP contribution in [0.15, 0.2) is 42.5 Å². The highest BCUT2D eigenvalue weighted by molar-refractivity contribution is 7.21. The fraction of sp³-hybridized carbons (Fsp3) is 0.0714. The highest BCUT2D eigenvalue weighted by atomic mass is 32.1. The molecule has 112 valence electrons. The fourth-order valence-corrected chi connectivity index (χ4v) is 2.96. The zero-order valence-electron chi connectivity index (χ0n) is 10.8. The summed E-state index contributed by atoms with van der Waals surface area (Å²) in [5.74, 6) is 0.